The van der Waals surface area contributed by atoms with E-state index in [1.807, 2.05) is 30.3 Å². The van der Waals surface area contributed by atoms with Crippen molar-refractivity contribution in [3.63, 3.8) is 0 Å². The molecular formula is C44H56O6. The van der Waals surface area contributed by atoms with E-state index in [0.717, 1.165) is 60.3 Å². The van der Waals surface area contributed by atoms with Gasteiger partial charge >= 0.3 is 5.97 Å². The number of phenolic OH excluding ortho intramolecular Hbond substituents is 1. The van der Waals surface area contributed by atoms with Crippen molar-refractivity contribution in [2.75, 3.05) is 6.61 Å². The largest absolute Gasteiger partial charge is 0.507 e. The number of aromatic hydroxyl groups is 1. The predicted molar refractivity (Wildman–Crippen MR) is 198 cm³/mol. The molecule has 268 valence electrons. The number of carbonyl (C=O) groups excluding carboxylic acids is 1. The summed E-state index contributed by atoms with van der Waals surface area (Å²) in [6.45, 7) is 12.1. The van der Waals surface area contributed by atoms with Crippen molar-refractivity contribution in [3.8, 4) is 22.8 Å². The zero-order chi connectivity index (χ0) is 35.2. The van der Waals surface area contributed by atoms with Gasteiger partial charge in [-0.15, -0.1) is 0 Å². The Hall–Kier alpha value is -3.54. The summed E-state index contributed by atoms with van der Waals surface area (Å²) in [7, 11) is 0. The molecule has 0 saturated heterocycles. The normalized spacial score (nSPS) is 31.0. The molecule has 0 spiro atoms. The van der Waals surface area contributed by atoms with Gasteiger partial charge in [0, 0.05) is 30.2 Å². The number of phenols is 1. The van der Waals surface area contributed by atoms with Crippen LogP contribution in [0.15, 0.2) is 69.4 Å². The van der Waals surface area contributed by atoms with E-state index >= 15 is 0 Å². The monoisotopic (exact) mass is 680 g/mol. The maximum Gasteiger partial charge on any atom is 0.344 e. The van der Waals surface area contributed by atoms with E-state index in [4.69, 9.17) is 13.9 Å². The smallest absolute Gasteiger partial charge is 0.344 e. The third kappa shape index (κ3) is 6.52. The number of carbonyl (C=O) groups is 1. The maximum atomic E-state index is 13.0. The second-order valence-corrected chi connectivity index (χ2v) is 17.1. The summed E-state index contributed by atoms with van der Waals surface area (Å²) >= 11 is 0. The Kier molecular flexibility index (Phi) is 9.69. The molecule has 0 aliphatic heterocycles. The van der Waals surface area contributed by atoms with Gasteiger partial charge in [-0.1, -0.05) is 95.9 Å². The Morgan fingerprint density at radius 2 is 1.78 bits per heavy atom. The molecule has 4 aliphatic carbocycles. The molecule has 0 amide bonds. The lowest BCUT2D eigenvalue weighted by Crippen LogP contribution is -2.51. The van der Waals surface area contributed by atoms with E-state index in [2.05, 4.69) is 40.7 Å². The van der Waals surface area contributed by atoms with Gasteiger partial charge in [0.25, 0.3) is 0 Å². The van der Waals surface area contributed by atoms with Crippen LogP contribution in [0.5, 0.6) is 11.5 Å². The van der Waals surface area contributed by atoms with Crippen LogP contribution in [0.4, 0.5) is 0 Å². The summed E-state index contributed by atoms with van der Waals surface area (Å²) in [4.78, 5) is 25.8. The number of fused-ring (bicyclic) bond motifs is 6. The third-order valence-corrected chi connectivity index (χ3v) is 13.8. The lowest BCUT2D eigenvalue weighted by atomic mass is 9.47. The molecule has 3 aromatic rings. The van der Waals surface area contributed by atoms with Crippen molar-refractivity contribution in [1.82, 2.24) is 0 Å². The first-order valence-corrected chi connectivity index (χ1v) is 19.3. The molecule has 3 fully saturated rings. The third-order valence-electron chi connectivity index (χ3n) is 13.8. The number of benzene rings is 2. The second-order valence-electron chi connectivity index (χ2n) is 17.1. The van der Waals surface area contributed by atoms with Gasteiger partial charge in [0.2, 0.25) is 0 Å². The summed E-state index contributed by atoms with van der Waals surface area (Å²) < 4.78 is 17.7. The number of allylic oxidation sites excluding steroid dienone is 1. The molecule has 6 heteroatoms. The van der Waals surface area contributed by atoms with Crippen LogP contribution in [0.25, 0.3) is 22.3 Å². The zero-order valence-electron chi connectivity index (χ0n) is 30.7. The van der Waals surface area contributed by atoms with Crippen molar-refractivity contribution in [2.24, 2.45) is 46.3 Å². The SMILES string of the molecule is CC(C)CCC[C@@H](C)[C@H]1CC[C@@H]2[C@@H]3CC=C4C[C@@H](OC(=O)COc5cc(O)c6c(=O)cc(-c7ccccc7)oc6c5)CC[C@]4(C)[C@@H]3CC[C@@]21C. The van der Waals surface area contributed by atoms with Crippen LogP contribution in [0.3, 0.4) is 0 Å². The maximum absolute atomic E-state index is 13.0. The standard InChI is InChI=1S/C44H56O6/c1-27(2)10-9-11-28(3)34-16-17-35-33-15-14-30-22-31(18-20-43(30,4)36(33)19-21-44(34,35)5)49-41(47)26-48-32-23-37(45)42-38(46)25-39(50-40(42)24-32)29-12-7-6-8-13-29/h6-8,12-14,23-25,27-28,31,33-36,45H,9-11,15-22,26H2,1-5H3/t28-,31+,33+,34-,35-,36-,43+,44-/m1/s1. The minimum atomic E-state index is -0.431. The van der Waals surface area contributed by atoms with E-state index in [-0.39, 0.29) is 46.0 Å². The van der Waals surface area contributed by atoms with Crippen LogP contribution in [0, 0.1) is 46.3 Å². The van der Waals surface area contributed by atoms with Crippen molar-refractivity contribution in [3.05, 3.63) is 70.4 Å². The zero-order valence-corrected chi connectivity index (χ0v) is 30.7. The molecular weight excluding hydrogens is 624 g/mol. The predicted octanol–water partition coefficient (Wildman–Crippen LogP) is 10.5. The molecule has 6 nitrogen and oxygen atoms in total. The lowest BCUT2D eigenvalue weighted by molar-refractivity contribution is -0.153. The van der Waals surface area contributed by atoms with Crippen molar-refractivity contribution >= 4 is 16.9 Å². The van der Waals surface area contributed by atoms with Crippen LogP contribution in [-0.2, 0) is 9.53 Å². The fraction of sp³-hybridized carbons (Fsp3) is 0.591. The number of esters is 1. The van der Waals surface area contributed by atoms with Gasteiger partial charge in [-0.2, -0.15) is 0 Å². The molecule has 7 rings (SSSR count). The number of hydrogen-bond donors (Lipinski definition) is 1. The van der Waals surface area contributed by atoms with Crippen LogP contribution in [0.1, 0.15) is 105 Å². The van der Waals surface area contributed by atoms with Gasteiger partial charge in [0.15, 0.2) is 12.0 Å². The molecule has 0 unspecified atom stereocenters. The van der Waals surface area contributed by atoms with Crippen molar-refractivity contribution in [1.29, 1.82) is 0 Å². The number of hydrogen-bond acceptors (Lipinski definition) is 6. The topological polar surface area (TPSA) is 86.0 Å². The van der Waals surface area contributed by atoms with Crippen LogP contribution in [-0.4, -0.2) is 23.8 Å². The van der Waals surface area contributed by atoms with Gasteiger partial charge in [-0.25, -0.2) is 4.79 Å². The molecule has 1 heterocycles. The van der Waals surface area contributed by atoms with Gasteiger partial charge in [-0.3, -0.25) is 4.79 Å². The van der Waals surface area contributed by atoms with E-state index in [1.54, 1.807) is 6.07 Å². The summed E-state index contributed by atoms with van der Waals surface area (Å²) in [6.07, 6.45) is 15.8. The molecule has 3 saturated carbocycles. The van der Waals surface area contributed by atoms with E-state index < -0.39 is 5.97 Å². The average Bonchev–Trinajstić information content (AvgIpc) is 3.44. The van der Waals surface area contributed by atoms with Gasteiger partial charge < -0.3 is 19.0 Å². The highest BCUT2D eigenvalue weighted by atomic mass is 16.6. The first-order valence-electron chi connectivity index (χ1n) is 19.3. The van der Waals surface area contributed by atoms with Crippen molar-refractivity contribution in [2.45, 2.75) is 111 Å². The summed E-state index contributed by atoms with van der Waals surface area (Å²) in [5.41, 5.74) is 2.76. The molecule has 1 N–H and O–H groups in total. The first kappa shape index (κ1) is 34.9. The van der Waals surface area contributed by atoms with E-state index in [0.29, 0.717) is 11.2 Å². The molecule has 0 bridgehead atoms. The number of ether oxygens (including phenoxy) is 2. The summed E-state index contributed by atoms with van der Waals surface area (Å²) in [5, 5.41) is 10.7. The van der Waals surface area contributed by atoms with Crippen LogP contribution >= 0.6 is 0 Å². The molecule has 8 atom stereocenters. The summed E-state index contributed by atoms with van der Waals surface area (Å²) in [6, 6.07) is 13.6. The van der Waals surface area contributed by atoms with Crippen LogP contribution < -0.4 is 10.2 Å². The fourth-order valence-electron chi connectivity index (χ4n) is 11.2. The summed E-state index contributed by atoms with van der Waals surface area (Å²) in [5.74, 6) is 4.75. The lowest BCUT2D eigenvalue weighted by Gasteiger charge is -2.58. The molecule has 1 aromatic heterocycles. The first-order chi connectivity index (χ1) is 24.0. The molecule has 50 heavy (non-hydrogen) atoms. The van der Waals surface area contributed by atoms with Gasteiger partial charge in [0.1, 0.15) is 34.3 Å². The highest BCUT2D eigenvalue weighted by Crippen LogP contribution is 2.67. The fourth-order valence-corrected chi connectivity index (χ4v) is 11.2. The Morgan fingerprint density at radius 3 is 2.56 bits per heavy atom. The highest BCUT2D eigenvalue weighted by Gasteiger charge is 2.59. The Labute approximate surface area is 297 Å². The highest BCUT2D eigenvalue weighted by molar-refractivity contribution is 5.86. The van der Waals surface area contributed by atoms with Crippen molar-refractivity contribution < 1.29 is 23.8 Å². The molecule has 4 aliphatic rings. The van der Waals surface area contributed by atoms with Gasteiger partial charge in [-0.05, 0) is 91.3 Å². The molecule has 2 aromatic carbocycles. The minimum absolute atomic E-state index is 0.0786. The number of rotatable bonds is 10. The quantitative estimate of drug-likeness (QED) is 0.169. The Balaban J connectivity index is 0.970. The van der Waals surface area contributed by atoms with Gasteiger partial charge in [0.05, 0.1) is 0 Å². The average molecular weight is 681 g/mol. The second kappa shape index (κ2) is 13.9. The molecule has 0 radical (unpaired) electrons. The van der Waals surface area contributed by atoms with E-state index in [1.165, 1.54) is 69.1 Å². The Morgan fingerprint density at radius 1 is 0.980 bits per heavy atom. The Bertz CT molecular complexity index is 1790. The van der Waals surface area contributed by atoms with E-state index in [9.17, 15) is 14.7 Å². The van der Waals surface area contributed by atoms with Crippen LogP contribution in [0.2, 0.25) is 0 Å². The minimum Gasteiger partial charge on any atom is -0.507 e.